The van der Waals surface area contributed by atoms with Crippen molar-refractivity contribution in [3.05, 3.63) is 83.0 Å². The molecule has 9 heteroatoms. The van der Waals surface area contributed by atoms with Crippen molar-refractivity contribution in [3.8, 4) is 0 Å². The van der Waals surface area contributed by atoms with E-state index in [1.807, 2.05) is 49.4 Å². The van der Waals surface area contributed by atoms with Crippen LogP contribution in [0.15, 0.2) is 71.8 Å². The Morgan fingerprint density at radius 2 is 1.68 bits per heavy atom. The molecule has 0 aliphatic carbocycles. The minimum absolute atomic E-state index is 0.167. The molecular formula is C25H27N7O2. The molecule has 174 valence electrons. The predicted molar refractivity (Wildman–Crippen MR) is 133 cm³/mol. The zero-order valence-corrected chi connectivity index (χ0v) is 19.1. The molecule has 0 bridgehead atoms. The molecule has 0 radical (unpaired) electrons. The Morgan fingerprint density at radius 1 is 0.971 bits per heavy atom. The second-order valence-electron chi connectivity index (χ2n) is 8.25. The van der Waals surface area contributed by atoms with E-state index in [0.717, 1.165) is 43.9 Å². The van der Waals surface area contributed by atoms with Crippen molar-refractivity contribution in [1.29, 1.82) is 0 Å². The Hall–Kier alpha value is -4.14. The van der Waals surface area contributed by atoms with Crippen LogP contribution in [0.5, 0.6) is 0 Å². The summed E-state index contributed by atoms with van der Waals surface area (Å²) in [6, 6.07) is 18.0. The zero-order valence-electron chi connectivity index (χ0n) is 19.1. The summed E-state index contributed by atoms with van der Waals surface area (Å²) in [6.45, 7) is 5.08. The number of aryl methyl sites for hydroxylation is 1. The molecule has 1 N–H and O–H groups in total. The highest BCUT2D eigenvalue weighted by Crippen LogP contribution is 2.21. The highest BCUT2D eigenvalue weighted by Gasteiger charge is 2.22. The van der Waals surface area contributed by atoms with Gasteiger partial charge in [-0.1, -0.05) is 43.3 Å². The standard InChI is InChI=1S/C25H27N7O2/c1-2-19-8-6-7-11-21(19)27-22(33)18-32-25(34)31-13-12-26-23(24(31)28-32)30-16-14-29(15-17-30)20-9-4-3-5-10-20/h3-13H,2,14-18H2,1H3,(H,27,33). The third-order valence-corrected chi connectivity index (χ3v) is 6.15. The van der Waals surface area contributed by atoms with Crippen LogP contribution in [0.2, 0.25) is 0 Å². The third kappa shape index (κ3) is 4.24. The number of carbonyl (C=O) groups is 1. The molecule has 0 spiro atoms. The van der Waals surface area contributed by atoms with E-state index in [1.54, 1.807) is 12.4 Å². The van der Waals surface area contributed by atoms with Crippen molar-refractivity contribution < 1.29 is 4.79 Å². The number of hydrogen-bond donors (Lipinski definition) is 1. The lowest BCUT2D eigenvalue weighted by atomic mass is 10.1. The molecule has 2 aromatic heterocycles. The first-order valence-corrected chi connectivity index (χ1v) is 11.5. The predicted octanol–water partition coefficient (Wildman–Crippen LogP) is 2.42. The molecule has 1 aliphatic heterocycles. The fourth-order valence-electron chi connectivity index (χ4n) is 4.35. The van der Waals surface area contributed by atoms with E-state index in [-0.39, 0.29) is 18.1 Å². The SMILES string of the molecule is CCc1ccccc1NC(=O)Cn1nc2c(N3CCN(c4ccccc4)CC3)nccn2c1=O. The average Bonchev–Trinajstić information content (AvgIpc) is 3.20. The Bertz CT molecular complexity index is 1350. The zero-order chi connectivity index (χ0) is 23.5. The van der Waals surface area contributed by atoms with Gasteiger partial charge in [-0.25, -0.2) is 18.9 Å². The van der Waals surface area contributed by atoms with Crippen LogP contribution in [-0.4, -0.2) is 51.3 Å². The number of nitrogens with one attached hydrogen (secondary N) is 1. The van der Waals surface area contributed by atoms with Gasteiger partial charge in [-0.3, -0.25) is 4.79 Å². The molecule has 5 rings (SSSR count). The first-order valence-electron chi connectivity index (χ1n) is 11.5. The van der Waals surface area contributed by atoms with Gasteiger partial charge < -0.3 is 15.1 Å². The van der Waals surface area contributed by atoms with Gasteiger partial charge in [0.05, 0.1) is 0 Å². The van der Waals surface area contributed by atoms with Gasteiger partial charge >= 0.3 is 5.69 Å². The van der Waals surface area contributed by atoms with Crippen LogP contribution in [-0.2, 0) is 17.8 Å². The minimum atomic E-state index is -0.361. The highest BCUT2D eigenvalue weighted by molar-refractivity contribution is 5.91. The molecule has 9 nitrogen and oxygen atoms in total. The first kappa shape index (κ1) is 21.7. The Labute approximate surface area is 197 Å². The smallest absolute Gasteiger partial charge is 0.350 e. The van der Waals surface area contributed by atoms with Crippen molar-refractivity contribution in [2.75, 3.05) is 41.3 Å². The molecule has 1 saturated heterocycles. The number of carbonyl (C=O) groups excluding carboxylic acids is 1. The van der Waals surface area contributed by atoms with Gasteiger partial charge in [0.2, 0.25) is 11.6 Å². The second kappa shape index (κ2) is 9.38. The van der Waals surface area contributed by atoms with Crippen LogP contribution in [0.3, 0.4) is 0 Å². The number of aromatic nitrogens is 4. The summed E-state index contributed by atoms with van der Waals surface area (Å²) in [5, 5.41) is 7.38. The fraction of sp³-hybridized carbons (Fsp3) is 0.280. The van der Waals surface area contributed by atoms with Crippen LogP contribution >= 0.6 is 0 Å². The Kier molecular flexibility index (Phi) is 5.99. The van der Waals surface area contributed by atoms with Gasteiger partial charge in [-0.15, -0.1) is 5.10 Å². The summed E-state index contributed by atoms with van der Waals surface area (Å²) in [6.07, 6.45) is 4.00. The number of rotatable bonds is 6. The summed E-state index contributed by atoms with van der Waals surface area (Å²) < 4.78 is 2.66. The summed E-state index contributed by atoms with van der Waals surface area (Å²) in [5.41, 5.74) is 3.09. The average molecular weight is 458 g/mol. The molecular weight excluding hydrogens is 430 g/mol. The normalized spacial score (nSPS) is 13.9. The van der Waals surface area contributed by atoms with E-state index in [1.165, 1.54) is 14.8 Å². The number of para-hydroxylation sites is 2. The fourth-order valence-corrected chi connectivity index (χ4v) is 4.35. The third-order valence-electron chi connectivity index (χ3n) is 6.15. The maximum absolute atomic E-state index is 12.9. The Morgan fingerprint density at radius 3 is 2.44 bits per heavy atom. The molecule has 3 heterocycles. The van der Waals surface area contributed by atoms with Crippen molar-refractivity contribution >= 4 is 28.7 Å². The number of nitrogens with zero attached hydrogens (tertiary/aromatic N) is 6. The van der Waals surface area contributed by atoms with Gasteiger partial charge in [0.25, 0.3) is 0 Å². The summed E-state index contributed by atoms with van der Waals surface area (Å²) >= 11 is 0. The lowest BCUT2D eigenvalue weighted by molar-refractivity contribution is -0.117. The molecule has 4 aromatic rings. The molecule has 34 heavy (non-hydrogen) atoms. The van der Waals surface area contributed by atoms with Gasteiger partial charge in [0.1, 0.15) is 6.54 Å². The maximum Gasteiger partial charge on any atom is 0.350 e. The second-order valence-corrected chi connectivity index (χ2v) is 8.25. The molecule has 2 aromatic carbocycles. The van der Waals surface area contributed by atoms with Crippen LogP contribution < -0.4 is 20.8 Å². The first-order chi connectivity index (χ1) is 16.6. The molecule has 0 atom stereocenters. The van der Waals surface area contributed by atoms with Crippen LogP contribution in [0.25, 0.3) is 5.65 Å². The van der Waals surface area contributed by atoms with E-state index in [2.05, 4.69) is 37.3 Å². The molecule has 0 unspecified atom stereocenters. The maximum atomic E-state index is 12.9. The van der Waals surface area contributed by atoms with E-state index in [0.29, 0.717) is 11.5 Å². The van der Waals surface area contributed by atoms with Crippen molar-refractivity contribution in [1.82, 2.24) is 19.2 Å². The molecule has 1 aliphatic rings. The number of benzene rings is 2. The summed E-state index contributed by atoms with van der Waals surface area (Å²) in [5.74, 6) is 0.361. The number of anilines is 3. The van der Waals surface area contributed by atoms with Crippen LogP contribution in [0.1, 0.15) is 12.5 Å². The monoisotopic (exact) mass is 457 g/mol. The lowest BCUT2D eigenvalue weighted by Crippen LogP contribution is -2.47. The topological polar surface area (TPSA) is 87.8 Å². The van der Waals surface area contributed by atoms with E-state index >= 15 is 0 Å². The molecule has 1 amide bonds. The molecule has 0 saturated carbocycles. The van der Waals surface area contributed by atoms with E-state index in [4.69, 9.17) is 0 Å². The van der Waals surface area contributed by atoms with Gasteiger partial charge in [-0.2, -0.15) is 0 Å². The number of fused-ring (bicyclic) bond motifs is 1. The summed E-state index contributed by atoms with van der Waals surface area (Å²) in [7, 11) is 0. The number of piperazine rings is 1. The number of hydrogen-bond acceptors (Lipinski definition) is 6. The minimum Gasteiger partial charge on any atom is -0.368 e. The largest absolute Gasteiger partial charge is 0.368 e. The van der Waals surface area contributed by atoms with E-state index in [9.17, 15) is 9.59 Å². The van der Waals surface area contributed by atoms with Crippen molar-refractivity contribution in [2.45, 2.75) is 19.9 Å². The molecule has 1 fully saturated rings. The number of amides is 1. The lowest BCUT2D eigenvalue weighted by Gasteiger charge is -2.36. The van der Waals surface area contributed by atoms with Gasteiger partial charge in [0, 0.05) is 49.9 Å². The van der Waals surface area contributed by atoms with Crippen molar-refractivity contribution in [3.63, 3.8) is 0 Å². The van der Waals surface area contributed by atoms with Gasteiger partial charge in [-0.05, 0) is 30.2 Å². The Balaban J connectivity index is 1.34. The quantitative estimate of drug-likeness (QED) is 0.479. The van der Waals surface area contributed by atoms with E-state index < -0.39 is 0 Å². The van der Waals surface area contributed by atoms with Crippen LogP contribution in [0.4, 0.5) is 17.2 Å². The van der Waals surface area contributed by atoms with Crippen molar-refractivity contribution in [2.24, 2.45) is 0 Å². The van der Waals surface area contributed by atoms with Gasteiger partial charge in [0.15, 0.2) is 5.82 Å². The highest BCUT2D eigenvalue weighted by atomic mass is 16.2. The summed E-state index contributed by atoms with van der Waals surface area (Å²) in [4.78, 5) is 34.6. The van der Waals surface area contributed by atoms with Crippen LogP contribution in [0, 0.1) is 0 Å².